The van der Waals surface area contributed by atoms with Crippen molar-refractivity contribution in [3.63, 3.8) is 0 Å². The Bertz CT molecular complexity index is 291. The minimum atomic E-state index is 0.474. The first-order chi connectivity index (χ1) is 7.70. The van der Waals surface area contributed by atoms with Gasteiger partial charge in [0.2, 0.25) is 0 Å². The molecule has 1 aliphatic heterocycles. The summed E-state index contributed by atoms with van der Waals surface area (Å²) in [7, 11) is 2.05. The fraction of sp³-hybridized carbons (Fsp3) is 0.667. The highest BCUT2D eigenvalue weighted by molar-refractivity contribution is 6.01. The SMILES string of the molecule is C/C=C(C)/C(=N\C=N)N(C)C1CCOCC1. The van der Waals surface area contributed by atoms with Crippen LogP contribution in [0.25, 0.3) is 0 Å². The number of ether oxygens (including phenoxy) is 1. The molecule has 4 nitrogen and oxygen atoms in total. The highest BCUT2D eigenvalue weighted by Gasteiger charge is 2.21. The Hall–Kier alpha value is -1.16. The summed E-state index contributed by atoms with van der Waals surface area (Å²) in [5.41, 5.74) is 1.11. The van der Waals surface area contributed by atoms with E-state index in [-0.39, 0.29) is 0 Å². The number of hydrogen-bond acceptors (Lipinski definition) is 2. The van der Waals surface area contributed by atoms with Gasteiger partial charge in [0, 0.05) is 26.3 Å². The number of likely N-dealkylation sites (N-methyl/N-ethyl adjacent to an activating group) is 1. The van der Waals surface area contributed by atoms with Crippen LogP contribution in [-0.4, -0.2) is 43.4 Å². The Balaban J connectivity index is 2.77. The van der Waals surface area contributed by atoms with Crippen molar-refractivity contribution in [2.24, 2.45) is 4.99 Å². The van der Waals surface area contributed by atoms with Gasteiger partial charge in [-0.25, -0.2) is 4.99 Å². The zero-order chi connectivity index (χ0) is 12.0. The predicted molar refractivity (Wildman–Crippen MR) is 67.3 cm³/mol. The highest BCUT2D eigenvalue weighted by Crippen LogP contribution is 2.15. The van der Waals surface area contributed by atoms with Crippen LogP contribution < -0.4 is 0 Å². The smallest absolute Gasteiger partial charge is 0.132 e. The molecule has 0 saturated carbocycles. The van der Waals surface area contributed by atoms with Gasteiger partial charge in [-0.1, -0.05) is 6.08 Å². The largest absolute Gasteiger partial charge is 0.381 e. The molecule has 1 N–H and O–H groups in total. The zero-order valence-corrected chi connectivity index (χ0v) is 10.4. The van der Waals surface area contributed by atoms with E-state index >= 15 is 0 Å². The minimum Gasteiger partial charge on any atom is -0.381 e. The molecule has 90 valence electrons. The standard InChI is InChI=1S/C12H21N3O/c1-4-10(2)12(14-9-13)15(3)11-5-7-16-8-6-11/h4,9,11,13H,5-8H2,1-3H3/b10-4+,13-9?,14-12+. The van der Waals surface area contributed by atoms with Crippen LogP contribution in [-0.2, 0) is 4.74 Å². The summed E-state index contributed by atoms with van der Waals surface area (Å²) in [4.78, 5) is 6.31. The molecule has 0 aromatic rings. The van der Waals surface area contributed by atoms with Crippen molar-refractivity contribution < 1.29 is 4.74 Å². The first-order valence-electron chi connectivity index (χ1n) is 5.71. The molecular weight excluding hydrogens is 202 g/mol. The van der Waals surface area contributed by atoms with Crippen LogP contribution in [0.1, 0.15) is 26.7 Å². The van der Waals surface area contributed by atoms with Gasteiger partial charge in [0.15, 0.2) is 0 Å². The van der Waals surface area contributed by atoms with Crippen molar-refractivity contribution in [1.29, 1.82) is 5.41 Å². The van der Waals surface area contributed by atoms with Gasteiger partial charge in [0.05, 0.1) is 0 Å². The average molecular weight is 223 g/mol. The normalized spacial score (nSPS) is 19.7. The van der Waals surface area contributed by atoms with Crippen LogP contribution in [0.3, 0.4) is 0 Å². The molecule has 0 spiro atoms. The molecule has 1 fully saturated rings. The van der Waals surface area contributed by atoms with Gasteiger partial charge in [-0.2, -0.15) is 0 Å². The lowest BCUT2D eigenvalue weighted by Crippen LogP contribution is -2.41. The maximum absolute atomic E-state index is 7.12. The molecule has 1 saturated heterocycles. The van der Waals surface area contributed by atoms with E-state index in [4.69, 9.17) is 10.1 Å². The quantitative estimate of drug-likeness (QED) is 0.588. The Morgan fingerprint density at radius 2 is 2.06 bits per heavy atom. The van der Waals surface area contributed by atoms with Crippen molar-refractivity contribution in [3.05, 3.63) is 11.6 Å². The lowest BCUT2D eigenvalue weighted by molar-refractivity contribution is 0.0606. The maximum Gasteiger partial charge on any atom is 0.132 e. The second-order valence-electron chi connectivity index (χ2n) is 4.01. The third-order valence-electron chi connectivity index (χ3n) is 3.05. The summed E-state index contributed by atoms with van der Waals surface area (Å²) in [5.74, 6) is 0.893. The molecule has 0 bridgehead atoms. The molecule has 1 rings (SSSR count). The molecule has 0 aromatic heterocycles. The average Bonchev–Trinajstić information content (AvgIpc) is 2.35. The molecule has 1 heterocycles. The Morgan fingerprint density at radius 3 is 2.56 bits per heavy atom. The maximum atomic E-state index is 7.12. The van der Waals surface area contributed by atoms with E-state index in [9.17, 15) is 0 Å². The van der Waals surface area contributed by atoms with Crippen molar-refractivity contribution in [2.75, 3.05) is 20.3 Å². The lowest BCUT2D eigenvalue weighted by Gasteiger charge is -2.33. The van der Waals surface area contributed by atoms with Gasteiger partial charge in [0.1, 0.15) is 12.2 Å². The van der Waals surface area contributed by atoms with E-state index in [1.54, 1.807) is 0 Å². The van der Waals surface area contributed by atoms with Crippen LogP contribution in [0.15, 0.2) is 16.6 Å². The molecule has 0 atom stereocenters. The van der Waals surface area contributed by atoms with Gasteiger partial charge < -0.3 is 9.64 Å². The Morgan fingerprint density at radius 1 is 1.44 bits per heavy atom. The number of hydrogen-bond donors (Lipinski definition) is 1. The summed E-state index contributed by atoms with van der Waals surface area (Å²) in [6, 6.07) is 0.474. The number of amidine groups is 1. The van der Waals surface area contributed by atoms with E-state index in [1.807, 2.05) is 27.0 Å². The van der Waals surface area contributed by atoms with Gasteiger partial charge in [-0.05, 0) is 32.3 Å². The number of aliphatic imine (C=N–C) groups is 1. The highest BCUT2D eigenvalue weighted by atomic mass is 16.5. The van der Waals surface area contributed by atoms with Gasteiger partial charge >= 0.3 is 0 Å². The van der Waals surface area contributed by atoms with Crippen LogP contribution in [0.4, 0.5) is 0 Å². The minimum absolute atomic E-state index is 0.474. The molecule has 0 unspecified atom stereocenters. The zero-order valence-electron chi connectivity index (χ0n) is 10.4. The number of nitrogens with zero attached hydrogens (tertiary/aromatic N) is 2. The molecule has 0 amide bonds. The summed E-state index contributed by atoms with van der Waals surface area (Å²) >= 11 is 0. The Kier molecular flexibility index (Phi) is 5.19. The number of allylic oxidation sites excluding steroid dienone is 1. The van der Waals surface area contributed by atoms with Crippen LogP contribution in [0, 0.1) is 5.41 Å². The second kappa shape index (κ2) is 6.43. The third-order valence-corrected chi connectivity index (χ3v) is 3.05. The lowest BCUT2D eigenvalue weighted by atomic mass is 10.1. The summed E-state index contributed by atoms with van der Waals surface area (Å²) in [5, 5.41) is 7.12. The monoisotopic (exact) mass is 223 g/mol. The van der Waals surface area contributed by atoms with Crippen molar-refractivity contribution >= 4 is 12.2 Å². The molecule has 0 radical (unpaired) electrons. The van der Waals surface area contributed by atoms with Gasteiger partial charge in [-0.3, -0.25) is 5.41 Å². The number of rotatable bonds is 3. The van der Waals surface area contributed by atoms with E-state index in [2.05, 4.69) is 9.89 Å². The fourth-order valence-electron chi connectivity index (χ4n) is 1.91. The number of nitrogens with one attached hydrogen (secondary N) is 1. The fourth-order valence-corrected chi connectivity index (χ4v) is 1.91. The first-order valence-corrected chi connectivity index (χ1v) is 5.71. The van der Waals surface area contributed by atoms with E-state index in [0.29, 0.717) is 6.04 Å². The molecular formula is C12H21N3O. The van der Waals surface area contributed by atoms with Crippen molar-refractivity contribution in [2.45, 2.75) is 32.7 Å². The van der Waals surface area contributed by atoms with Crippen LogP contribution in [0.5, 0.6) is 0 Å². The summed E-state index contributed by atoms with van der Waals surface area (Å²) in [6.45, 7) is 5.66. The van der Waals surface area contributed by atoms with Crippen molar-refractivity contribution in [3.8, 4) is 0 Å². The predicted octanol–water partition coefficient (Wildman–Crippen LogP) is 2.07. The molecule has 0 aromatic carbocycles. The van der Waals surface area contributed by atoms with Gasteiger partial charge in [-0.15, -0.1) is 0 Å². The molecule has 4 heteroatoms. The van der Waals surface area contributed by atoms with E-state index in [1.165, 1.54) is 0 Å². The Labute approximate surface area is 97.5 Å². The molecule has 0 aliphatic carbocycles. The molecule has 1 aliphatic rings. The molecule has 16 heavy (non-hydrogen) atoms. The van der Waals surface area contributed by atoms with Gasteiger partial charge in [0.25, 0.3) is 0 Å². The second-order valence-corrected chi connectivity index (χ2v) is 4.01. The first kappa shape index (κ1) is 12.9. The third kappa shape index (κ3) is 3.17. The van der Waals surface area contributed by atoms with Crippen molar-refractivity contribution in [1.82, 2.24) is 4.90 Å². The summed E-state index contributed by atoms with van der Waals surface area (Å²) in [6.07, 6.45) is 5.20. The van der Waals surface area contributed by atoms with E-state index in [0.717, 1.165) is 43.8 Å². The topological polar surface area (TPSA) is 48.7 Å². The van der Waals surface area contributed by atoms with Crippen LogP contribution >= 0.6 is 0 Å². The van der Waals surface area contributed by atoms with E-state index < -0.39 is 0 Å². The van der Waals surface area contributed by atoms with Crippen LogP contribution in [0.2, 0.25) is 0 Å². The summed E-state index contributed by atoms with van der Waals surface area (Å²) < 4.78 is 5.35.